The summed E-state index contributed by atoms with van der Waals surface area (Å²) in [5.41, 5.74) is 0.889. The van der Waals surface area contributed by atoms with Crippen molar-refractivity contribution < 1.29 is 4.79 Å². The van der Waals surface area contributed by atoms with E-state index in [4.69, 9.17) is 12.2 Å². The van der Waals surface area contributed by atoms with Crippen LogP contribution < -0.4 is 4.46 Å². The molecule has 0 aliphatic heterocycles. The van der Waals surface area contributed by atoms with Gasteiger partial charge in [-0.15, -0.1) is 0 Å². The van der Waals surface area contributed by atoms with Gasteiger partial charge >= 0.3 is 139 Å². The quantitative estimate of drug-likeness (QED) is 0.231. The molecule has 1 atom stereocenters. The van der Waals surface area contributed by atoms with Crippen molar-refractivity contribution in [1.82, 2.24) is 0 Å². The molecule has 0 aliphatic rings. The van der Waals surface area contributed by atoms with Gasteiger partial charge in [0, 0.05) is 0 Å². The second kappa shape index (κ2) is 9.07. The molecule has 1 aromatic rings. The van der Waals surface area contributed by atoms with Crippen LogP contribution >= 0.6 is 12.2 Å². The molecule has 1 rings (SSSR count). The molecule has 0 amide bonds. The second-order valence-corrected chi connectivity index (χ2v) is 8.32. The fourth-order valence-corrected chi connectivity index (χ4v) is 4.76. The van der Waals surface area contributed by atoms with E-state index in [1.54, 1.807) is 6.08 Å². The topological polar surface area (TPSA) is 29.4 Å². The average Bonchev–Trinajstić information content (AvgIpc) is 2.44. The molecule has 0 fully saturated rings. The van der Waals surface area contributed by atoms with Gasteiger partial charge in [0.2, 0.25) is 0 Å². The number of aldehydes is 1. The molecule has 1 unspecified atom stereocenters. The average molecular weight is 366 g/mol. The van der Waals surface area contributed by atoms with Gasteiger partial charge in [-0.1, -0.05) is 0 Å². The number of aliphatic imine (C=N–C) groups is 1. The van der Waals surface area contributed by atoms with Gasteiger partial charge in [0.25, 0.3) is 0 Å². The van der Waals surface area contributed by atoms with Gasteiger partial charge in [0.1, 0.15) is 0 Å². The first-order valence-electron chi connectivity index (χ1n) is 6.91. The molecule has 0 heterocycles. The number of rotatable bonds is 8. The maximum absolute atomic E-state index is 10.5. The summed E-state index contributed by atoms with van der Waals surface area (Å²) in [5.74, 6) is 0. The zero-order chi connectivity index (χ0) is 15.7. The van der Waals surface area contributed by atoms with Crippen molar-refractivity contribution in [3.05, 3.63) is 42.0 Å². The Kier molecular flexibility index (Phi) is 7.77. The summed E-state index contributed by atoms with van der Waals surface area (Å²) in [7, 11) is 0. The maximum atomic E-state index is 10.5. The Balaban J connectivity index is 2.87. The van der Waals surface area contributed by atoms with Crippen molar-refractivity contribution in [1.29, 1.82) is 0 Å². The van der Waals surface area contributed by atoms with Crippen LogP contribution in [0.4, 0.5) is 0 Å². The molecule has 112 valence electrons. The van der Waals surface area contributed by atoms with Crippen molar-refractivity contribution in [2.75, 3.05) is 0 Å². The summed E-state index contributed by atoms with van der Waals surface area (Å²) in [6, 6.07) is 10.5. The van der Waals surface area contributed by atoms with Crippen molar-refractivity contribution in [2.24, 2.45) is 4.99 Å². The summed E-state index contributed by atoms with van der Waals surface area (Å²) in [5, 5.41) is 2.53. The first kappa shape index (κ1) is 18.0. The molecule has 0 spiro atoms. The minimum absolute atomic E-state index is 0.223. The third-order valence-electron chi connectivity index (χ3n) is 3.30. The van der Waals surface area contributed by atoms with Crippen LogP contribution in [0.15, 0.2) is 47.0 Å². The van der Waals surface area contributed by atoms with E-state index in [2.05, 4.69) is 48.3 Å². The monoisotopic (exact) mass is 367 g/mol. The number of benzene rings is 1. The molecule has 0 saturated carbocycles. The predicted octanol–water partition coefficient (Wildman–Crippen LogP) is 3.61. The number of hydrogen-bond acceptors (Lipinski definition) is 3. The normalized spacial score (nSPS) is 13.4. The number of allylic oxidation sites excluding steroid dienone is 2. The molecule has 4 heteroatoms. The third-order valence-corrected chi connectivity index (χ3v) is 6.83. The van der Waals surface area contributed by atoms with Crippen molar-refractivity contribution in [3.8, 4) is 0 Å². The molecule has 0 N–H and O–H groups in total. The summed E-state index contributed by atoms with van der Waals surface area (Å²) < 4.78 is 1.36. The summed E-state index contributed by atoms with van der Waals surface area (Å²) >= 11 is 5.10. The summed E-state index contributed by atoms with van der Waals surface area (Å²) in [6.07, 6.45) is 4.40. The second-order valence-electron chi connectivity index (χ2n) is 5.46. The number of thiocarbonyl (C=S) groups is 1. The Morgan fingerprint density at radius 3 is 2.67 bits per heavy atom. The van der Waals surface area contributed by atoms with Crippen molar-refractivity contribution >= 4 is 43.1 Å². The molecule has 0 radical (unpaired) electrons. The molecular formula is C17H21NOSSe. The van der Waals surface area contributed by atoms with Crippen LogP contribution in [0.5, 0.6) is 0 Å². The molecule has 0 saturated heterocycles. The van der Waals surface area contributed by atoms with E-state index < -0.39 is 0 Å². The number of carbonyl (C=O) groups is 1. The Hall–Kier alpha value is -1.05. The first-order chi connectivity index (χ1) is 9.99. The van der Waals surface area contributed by atoms with E-state index >= 15 is 0 Å². The van der Waals surface area contributed by atoms with E-state index in [1.165, 1.54) is 4.46 Å². The molecule has 2 nitrogen and oxygen atoms in total. The van der Waals surface area contributed by atoms with Gasteiger partial charge in [0.05, 0.1) is 0 Å². The van der Waals surface area contributed by atoms with E-state index in [-0.39, 0.29) is 5.54 Å². The zero-order valence-electron chi connectivity index (χ0n) is 12.7. The van der Waals surface area contributed by atoms with Crippen LogP contribution in [0.25, 0.3) is 0 Å². The van der Waals surface area contributed by atoms with Gasteiger partial charge < -0.3 is 0 Å². The SMILES string of the molecule is C/C(=C\C=O)CCC([Se]c1ccccc1)C(C)(C)N=C=S. The van der Waals surface area contributed by atoms with Gasteiger partial charge in [-0.05, 0) is 0 Å². The first-order valence-corrected chi connectivity index (χ1v) is 9.16. The van der Waals surface area contributed by atoms with Gasteiger partial charge in [0.15, 0.2) is 0 Å². The van der Waals surface area contributed by atoms with Gasteiger partial charge in [-0.25, -0.2) is 0 Å². The predicted molar refractivity (Wildman–Crippen MR) is 93.7 cm³/mol. The number of isothiocyanates is 1. The van der Waals surface area contributed by atoms with Crippen LogP contribution in [0.3, 0.4) is 0 Å². The van der Waals surface area contributed by atoms with Crippen LogP contribution in [0.1, 0.15) is 33.6 Å². The Morgan fingerprint density at radius 1 is 1.43 bits per heavy atom. The van der Waals surface area contributed by atoms with Crippen LogP contribution in [0.2, 0.25) is 4.82 Å². The Morgan fingerprint density at radius 2 is 2.10 bits per heavy atom. The molecule has 1 aromatic carbocycles. The number of nitrogens with zero attached hydrogens (tertiary/aromatic N) is 1. The van der Waals surface area contributed by atoms with Gasteiger partial charge in [-0.2, -0.15) is 0 Å². The zero-order valence-corrected chi connectivity index (χ0v) is 15.2. The van der Waals surface area contributed by atoms with Crippen LogP contribution in [0, 0.1) is 0 Å². The summed E-state index contributed by atoms with van der Waals surface area (Å²) in [6.45, 7) is 6.22. The summed E-state index contributed by atoms with van der Waals surface area (Å²) in [4.78, 5) is 15.3. The molecule has 0 aromatic heterocycles. The minimum atomic E-state index is -0.223. The van der Waals surface area contributed by atoms with Crippen molar-refractivity contribution in [3.63, 3.8) is 0 Å². The Labute approximate surface area is 138 Å². The number of hydrogen-bond donors (Lipinski definition) is 0. The van der Waals surface area contributed by atoms with E-state index in [1.807, 2.05) is 13.0 Å². The third kappa shape index (κ3) is 6.50. The fourth-order valence-electron chi connectivity index (χ4n) is 1.97. The molecular weight excluding hydrogens is 345 g/mol. The van der Waals surface area contributed by atoms with E-state index in [0.29, 0.717) is 19.8 Å². The van der Waals surface area contributed by atoms with Crippen LogP contribution in [-0.2, 0) is 4.79 Å². The fraction of sp³-hybridized carbons (Fsp3) is 0.412. The van der Waals surface area contributed by atoms with E-state index in [0.717, 1.165) is 24.7 Å². The standard InChI is InChI=1S/C17H21NOSSe/c1-14(11-12-19)9-10-16(17(2,3)18-13-20)21-15-7-5-4-6-8-15/h4-8,11-12,16H,9-10H2,1-3H3/b14-11+. The molecule has 0 bridgehead atoms. The van der Waals surface area contributed by atoms with Crippen LogP contribution in [-0.4, -0.2) is 31.9 Å². The molecule has 0 aliphatic carbocycles. The van der Waals surface area contributed by atoms with Crippen molar-refractivity contribution in [2.45, 2.75) is 44.0 Å². The molecule has 21 heavy (non-hydrogen) atoms. The van der Waals surface area contributed by atoms with E-state index in [9.17, 15) is 4.79 Å². The Bertz CT molecular complexity index is 533. The number of carbonyl (C=O) groups excluding carboxylic acids is 1. The van der Waals surface area contributed by atoms with Gasteiger partial charge in [-0.3, -0.25) is 0 Å².